The SMILES string of the molecule is CS(=O)(=O)OCC1ON=C2c3cc4cc[nH]c4cc3OCC21. The average molecular weight is 322 g/mol. The summed E-state index contributed by atoms with van der Waals surface area (Å²) in [5.41, 5.74) is 2.66. The average Bonchev–Trinajstić information content (AvgIpc) is 3.08. The Morgan fingerprint density at radius 2 is 2.32 bits per heavy atom. The van der Waals surface area contributed by atoms with E-state index in [2.05, 4.69) is 10.1 Å². The predicted molar refractivity (Wildman–Crippen MR) is 79.5 cm³/mol. The Morgan fingerprint density at radius 1 is 1.45 bits per heavy atom. The lowest BCUT2D eigenvalue weighted by atomic mass is 9.90. The molecular weight excluding hydrogens is 308 g/mol. The first-order chi connectivity index (χ1) is 10.5. The third-order valence-corrected chi connectivity index (χ3v) is 4.44. The van der Waals surface area contributed by atoms with Crippen LogP contribution < -0.4 is 4.74 Å². The number of oxime groups is 1. The summed E-state index contributed by atoms with van der Waals surface area (Å²) in [6.45, 7) is 0.317. The summed E-state index contributed by atoms with van der Waals surface area (Å²) in [5, 5.41) is 5.18. The van der Waals surface area contributed by atoms with Gasteiger partial charge in [-0.15, -0.1) is 0 Å². The highest BCUT2D eigenvalue weighted by Gasteiger charge is 2.40. The molecule has 0 saturated carbocycles. The van der Waals surface area contributed by atoms with Crippen LogP contribution in [0.2, 0.25) is 0 Å². The van der Waals surface area contributed by atoms with Crippen LogP contribution in [-0.2, 0) is 19.1 Å². The van der Waals surface area contributed by atoms with Crippen LogP contribution in [0.3, 0.4) is 0 Å². The molecule has 2 atom stereocenters. The molecule has 3 heterocycles. The zero-order valence-electron chi connectivity index (χ0n) is 11.8. The summed E-state index contributed by atoms with van der Waals surface area (Å²) < 4.78 is 32.8. The maximum Gasteiger partial charge on any atom is 0.264 e. The number of benzene rings is 1. The molecule has 22 heavy (non-hydrogen) atoms. The number of ether oxygens (including phenoxy) is 1. The molecule has 2 aliphatic rings. The van der Waals surface area contributed by atoms with Crippen molar-refractivity contribution in [1.29, 1.82) is 0 Å². The molecule has 0 aliphatic carbocycles. The van der Waals surface area contributed by atoms with Gasteiger partial charge in [0.2, 0.25) is 0 Å². The summed E-state index contributed by atoms with van der Waals surface area (Å²) in [6.07, 6.45) is 2.42. The largest absolute Gasteiger partial charge is 0.492 e. The molecule has 2 unspecified atom stereocenters. The third-order valence-electron chi connectivity index (χ3n) is 3.88. The number of aromatic amines is 1. The summed E-state index contributed by atoms with van der Waals surface area (Å²) in [7, 11) is -3.51. The maximum atomic E-state index is 11.1. The van der Waals surface area contributed by atoms with Crippen LogP contribution in [0.1, 0.15) is 5.56 Å². The van der Waals surface area contributed by atoms with Gasteiger partial charge in [0.25, 0.3) is 10.1 Å². The molecule has 0 radical (unpaired) electrons. The van der Waals surface area contributed by atoms with Gasteiger partial charge >= 0.3 is 0 Å². The van der Waals surface area contributed by atoms with Crippen molar-refractivity contribution in [2.24, 2.45) is 11.1 Å². The zero-order valence-corrected chi connectivity index (χ0v) is 12.6. The predicted octanol–water partition coefficient (Wildman–Crippen LogP) is 1.26. The number of nitrogens with zero attached hydrogens (tertiary/aromatic N) is 1. The highest BCUT2D eigenvalue weighted by atomic mass is 32.2. The number of hydrogen-bond donors (Lipinski definition) is 1. The van der Waals surface area contributed by atoms with Crippen molar-refractivity contribution in [1.82, 2.24) is 4.98 Å². The van der Waals surface area contributed by atoms with Gasteiger partial charge in [-0.1, -0.05) is 5.16 Å². The van der Waals surface area contributed by atoms with E-state index in [1.54, 1.807) is 0 Å². The first-order valence-electron chi connectivity index (χ1n) is 6.84. The van der Waals surface area contributed by atoms with Crippen molar-refractivity contribution in [3.63, 3.8) is 0 Å². The Morgan fingerprint density at radius 3 is 3.14 bits per heavy atom. The monoisotopic (exact) mass is 322 g/mol. The van der Waals surface area contributed by atoms with Crippen molar-refractivity contribution in [2.75, 3.05) is 19.5 Å². The fourth-order valence-electron chi connectivity index (χ4n) is 2.79. The molecule has 4 rings (SSSR count). The number of hydrogen-bond acceptors (Lipinski definition) is 6. The quantitative estimate of drug-likeness (QED) is 0.859. The topological polar surface area (TPSA) is 90.0 Å². The van der Waals surface area contributed by atoms with E-state index < -0.39 is 16.2 Å². The zero-order chi connectivity index (χ0) is 15.3. The lowest BCUT2D eigenvalue weighted by Gasteiger charge is -2.25. The second-order valence-electron chi connectivity index (χ2n) is 5.44. The second kappa shape index (κ2) is 4.72. The summed E-state index contributed by atoms with van der Waals surface area (Å²) in [6, 6.07) is 5.90. The fraction of sp³-hybridized carbons (Fsp3) is 0.357. The van der Waals surface area contributed by atoms with Gasteiger partial charge in [-0.3, -0.25) is 4.18 Å². The molecule has 0 bridgehead atoms. The van der Waals surface area contributed by atoms with E-state index in [-0.39, 0.29) is 12.5 Å². The van der Waals surface area contributed by atoms with Crippen LogP contribution in [0.25, 0.3) is 10.9 Å². The smallest absolute Gasteiger partial charge is 0.264 e. The summed E-state index contributed by atoms with van der Waals surface area (Å²) >= 11 is 0. The minimum Gasteiger partial charge on any atom is -0.492 e. The summed E-state index contributed by atoms with van der Waals surface area (Å²) in [5.74, 6) is 0.615. The lowest BCUT2D eigenvalue weighted by Crippen LogP contribution is -2.36. The van der Waals surface area contributed by atoms with Crippen molar-refractivity contribution in [3.05, 3.63) is 30.0 Å². The van der Waals surface area contributed by atoms with Crippen molar-refractivity contribution >= 4 is 26.7 Å². The van der Waals surface area contributed by atoms with E-state index in [0.717, 1.165) is 34.2 Å². The standard InChI is InChI=1S/C14H14N2O5S/c1-22(17,18)20-7-13-10-6-19-12-5-11-8(2-3-15-11)4-9(12)14(10)16-21-13/h2-5,10,13,15H,6-7H2,1H3. The Balaban J connectivity index is 1.63. The van der Waals surface area contributed by atoms with E-state index in [9.17, 15) is 8.42 Å². The number of fused-ring (bicyclic) bond motifs is 4. The molecule has 2 aromatic rings. The minimum absolute atomic E-state index is 0.0679. The molecule has 116 valence electrons. The van der Waals surface area contributed by atoms with E-state index in [4.69, 9.17) is 13.8 Å². The summed E-state index contributed by atoms with van der Waals surface area (Å²) in [4.78, 5) is 8.49. The third kappa shape index (κ3) is 2.24. The lowest BCUT2D eigenvalue weighted by molar-refractivity contribution is 0.0176. The molecule has 2 aliphatic heterocycles. The highest BCUT2D eigenvalue weighted by molar-refractivity contribution is 7.85. The van der Waals surface area contributed by atoms with E-state index in [0.29, 0.717) is 6.61 Å². The van der Waals surface area contributed by atoms with Gasteiger partial charge in [0.1, 0.15) is 24.7 Å². The van der Waals surface area contributed by atoms with Gasteiger partial charge in [-0.2, -0.15) is 8.42 Å². The van der Waals surface area contributed by atoms with Gasteiger partial charge in [-0.05, 0) is 12.1 Å². The number of H-pyrrole nitrogens is 1. The molecule has 0 fully saturated rings. The molecule has 1 aromatic carbocycles. The van der Waals surface area contributed by atoms with Crippen LogP contribution in [0, 0.1) is 5.92 Å². The van der Waals surface area contributed by atoms with Gasteiger partial charge in [-0.25, -0.2) is 0 Å². The molecule has 1 N–H and O–H groups in total. The van der Waals surface area contributed by atoms with Gasteiger partial charge < -0.3 is 14.6 Å². The van der Waals surface area contributed by atoms with Crippen LogP contribution in [0.5, 0.6) is 5.75 Å². The Labute approximate surface area is 127 Å². The Kier molecular flexibility index (Phi) is 2.92. The number of aromatic nitrogens is 1. The van der Waals surface area contributed by atoms with Crippen molar-refractivity contribution in [2.45, 2.75) is 6.10 Å². The highest BCUT2D eigenvalue weighted by Crippen LogP contribution is 2.36. The van der Waals surface area contributed by atoms with Gasteiger partial charge in [0, 0.05) is 28.7 Å². The van der Waals surface area contributed by atoms with Crippen molar-refractivity contribution in [3.8, 4) is 5.75 Å². The van der Waals surface area contributed by atoms with Crippen molar-refractivity contribution < 1.29 is 22.2 Å². The molecular formula is C14H14N2O5S. The first kappa shape index (κ1) is 13.6. The van der Waals surface area contributed by atoms with Crippen LogP contribution in [0.4, 0.5) is 0 Å². The first-order valence-corrected chi connectivity index (χ1v) is 8.65. The Bertz CT molecular complexity index is 870. The van der Waals surface area contributed by atoms with Crippen LogP contribution in [0.15, 0.2) is 29.6 Å². The Hall–Kier alpha value is -2.06. The second-order valence-corrected chi connectivity index (χ2v) is 7.08. The van der Waals surface area contributed by atoms with Crippen LogP contribution in [-0.4, -0.2) is 44.7 Å². The minimum atomic E-state index is -3.51. The van der Waals surface area contributed by atoms with E-state index >= 15 is 0 Å². The number of rotatable bonds is 3. The van der Waals surface area contributed by atoms with E-state index in [1.807, 2.05) is 24.4 Å². The normalized spacial score (nSPS) is 23.4. The van der Waals surface area contributed by atoms with E-state index in [1.165, 1.54) is 0 Å². The molecule has 0 saturated heterocycles. The molecule has 0 spiro atoms. The molecule has 7 nitrogen and oxygen atoms in total. The maximum absolute atomic E-state index is 11.1. The van der Waals surface area contributed by atoms with Gasteiger partial charge in [0.15, 0.2) is 6.10 Å². The van der Waals surface area contributed by atoms with Gasteiger partial charge in [0.05, 0.1) is 12.2 Å². The molecule has 0 amide bonds. The number of nitrogens with one attached hydrogen (secondary N) is 1. The van der Waals surface area contributed by atoms with Crippen LogP contribution >= 0.6 is 0 Å². The molecule has 8 heteroatoms. The molecule has 1 aromatic heterocycles. The fourth-order valence-corrected chi connectivity index (χ4v) is 3.18.